The number of amides is 2. The Labute approximate surface area is 172 Å². The first-order valence-corrected chi connectivity index (χ1v) is 9.18. The van der Waals surface area contributed by atoms with Crippen molar-refractivity contribution in [2.24, 2.45) is 0 Å². The summed E-state index contributed by atoms with van der Waals surface area (Å²) in [7, 11) is 0. The van der Waals surface area contributed by atoms with E-state index in [4.69, 9.17) is 0 Å². The molecule has 0 unspecified atom stereocenters. The molecule has 2 amide bonds. The van der Waals surface area contributed by atoms with Crippen LogP contribution in [0.4, 0.5) is 15.8 Å². The summed E-state index contributed by atoms with van der Waals surface area (Å²) in [6.45, 7) is 0. The number of aromatic nitrogens is 2. The van der Waals surface area contributed by atoms with E-state index < -0.39 is 11.7 Å². The number of para-hydroxylation sites is 2. The summed E-state index contributed by atoms with van der Waals surface area (Å²) in [5, 5.41) is 9.76. The van der Waals surface area contributed by atoms with Crippen LogP contribution in [-0.2, 0) is 0 Å². The number of nitrogens with one attached hydrogen (secondary N) is 2. The normalized spacial score (nSPS) is 10.4. The largest absolute Gasteiger partial charge is 0.320 e. The van der Waals surface area contributed by atoms with Gasteiger partial charge in [-0.15, -0.1) is 0 Å². The number of carbonyl (C=O) groups excluding carboxylic acids is 2. The van der Waals surface area contributed by atoms with E-state index in [2.05, 4.69) is 15.7 Å². The maximum absolute atomic E-state index is 13.4. The first kappa shape index (κ1) is 19.1. The molecule has 0 atom stereocenters. The number of anilines is 2. The number of halogens is 1. The van der Waals surface area contributed by atoms with Crippen LogP contribution in [0.3, 0.4) is 0 Å². The minimum atomic E-state index is -0.452. The number of nitrogens with zero attached hydrogens (tertiary/aromatic N) is 2. The van der Waals surface area contributed by atoms with Gasteiger partial charge >= 0.3 is 0 Å². The van der Waals surface area contributed by atoms with Crippen LogP contribution < -0.4 is 10.6 Å². The molecule has 2 N–H and O–H groups in total. The van der Waals surface area contributed by atoms with E-state index in [-0.39, 0.29) is 11.6 Å². The van der Waals surface area contributed by atoms with Crippen LogP contribution in [0.5, 0.6) is 0 Å². The maximum atomic E-state index is 13.4. The maximum Gasteiger partial charge on any atom is 0.276 e. The zero-order valence-electron chi connectivity index (χ0n) is 15.7. The molecule has 30 heavy (non-hydrogen) atoms. The molecule has 0 aliphatic rings. The van der Waals surface area contributed by atoms with Crippen LogP contribution in [0.25, 0.3) is 5.69 Å². The minimum absolute atomic E-state index is 0.156. The van der Waals surface area contributed by atoms with Gasteiger partial charge in [0.15, 0.2) is 5.69 Å². The van der Waals surface area contributed by atoms with Gasteiger partial charge in [0.2, 0.25) is 0 Å². The fraction of sp³-hybridized carbons (Fsp3) is 0. The molecule has 1 heterocycles. The monoisotopic (exact) mass is 400 g/mol. The highest BCUT2D eigenvalue weighted by molar-refractivity contribution is 6.09. The Hall–Kier alpha value is -4.26. The third kappa shape index (κ3) is 4.25. The van der Waals surface area contributed by atoms with Gasteiger partial charge in [-0.2, -0.15) is 5.10 Å². The molecule has 148 valence electrons. The van der Waals surface area contributed by atoms with Gasteiger partial charge in [-0.05, 0) is 48.5 Å². The molecule has 1 aromatic heterocycles. The van der Waals surface area contributed by atoms with E-state index >= 15 is 0 Å². The average Bonchev–Trinajstić information content (AvgIpc) is 3.26. The Morgan fingerprint density at radius 2 is 1.43 bits per heavy atom. The van der Waals surface area contributed by atoms with Crippen molar-refractivity contribution in [2.75, 3.05) is 10.6 Å². The van der Waals surface area contributed by atoms with E-state index in [1.54, 1.807) is 66.9 Å². The fourth-order valence-electron chi connectivity index (χ4n) is 2.88. The molecular formula is C23H17FN4O2. The lowest BCUT2D eigenvalue weighted by Crippen LogP contribution is -2.17. The summed E-state index contributed by atoms with van der Waals surface area (Å²) in [5.41, 5.74) is 2.07. The Kier molecular flexibility index (Phi) is 5.34. The molecule has 0 aliphatic heterocycles. The van der Waals surface area contributed by atoms with E-state index in [9.17, 15) is 14.0 Å². The Morgan fingerprint density at radius 1 is 0.767 bits per heavy atom. The molecule has 3 aromatic carbocycles. The van der Waals surface area contributed by atoms with Gasteiger partial charge in [-0.3, -0.25) is 9.59 Å². The predicted octanol–water partition coefficient (Wildman–Crippen LogP) is 4.52. The Morgan fingerprint density at radius 3 is 2.13 bits per heavy atom. The first-order valence-electron chi connectivity index (χ1n) is 9.18. The Balaban J connectivity index is 1.51. The summed E-state index contributed by atoms with van der Waals surface area (Å²) in [4.78, 5) is 25.1. The quantitative estimate of drug-likeness (QED) is 0.517. The van der Waals surface area contributed by atoms with Gasteiger partial charge in [0, 0.05) is 11.8 Å². The van der Waals surface area contributed by atoms with Crippen LogP contribution in [0.1, 0.15) is 20.8 Å². The van der Waals surface area contributed by atoms with E-state index in [1.807, 2.05) is 6.07 Å². The lowest BCUT2D eigenvalue weighted by Gasteiger charge is -2.11. The van der Waals surface area contributed by atoms with Crippen molar-refractivity contribution in [1.29, 1.82) is 0 Å². The SMILES string of the molecule is O=C(Nc1ccccc1NC(=O)c1ccn(-c2cccc(F)c2)n1)c1ccccc1. The Bertz CT molecular complexity index is 1200. The third-order valence-corrected chi connectivity index (χ3v) is 4.35. The minimum Gasteiger partial charge on any atom is -0.320 e. The van der Waals surface area contributed by atoms with E-state index in [0.29, 0.717) is 22.6 Å². The zero-order chi connectivity index (χ0) is 20.9. The highest BCUT2D eigenvalue weighted by Gasteiger charge is 2.14. The second-order valence-corrected chi connectivity index (χ2v) is 6.45. The molecule has 0 radical (unpaired) electrons. The van der Waals surface area contributed by atoms with Crippen molar-refractivity contribution < 1.29 is 14.0 Å². The second-order valence-electron chi connectivity index (χ2n) is 6.45. The van der Waals surface area contributed by atoms with Gasteiger partial charge in [0.05, 0.1) is 17.1 Å². The van der Waals surface area contributed by atoms with Crippen molar-refractivity contribution in [3.63, 3.8) is 0 Å². The molecule has 0 spiro atoms. The number of carbonyl (C=O) groups is 2. The van der Waals surface area contributed by atoms with E-state index in [1.165, 1.54) is 22.9 Å². The summed E-state index contributed by atoms with van der Waals surface area (Å²) < 4.78 is 14.8. The van der Waals surface area contributed by atoms with Gasteiger partial charge in [0.1, 0.15) is 5.82 Å². The standard InChI is InChI=1S/C23H17FN4O2/c24-17-9-6-10-18(15-17)28-14-13-21(27-28)23(30)26-20-12-5-4-11-19(20)25-22(29)16-7-2-1-3-8-16/h1-15H,(H,25,29)(H,26,30). The molecule has 0 saturated carbocycles. The smallest absolute Gasteiger partial charge is 0.276 e. The van der Waals surface area contributed by atoms with Crippen molar-refractivity contribution >= 4 is 23.2 Å². The lowest BCUT2D eigenvalue weighted by atomic mass is 10.2. The molecule has 0 saturated heterocycles. The van der Waals surface area contributed by atoms with Crippen LogP contribution in [-0.4, -0.2) is 21.6 Å². The summed E-state index contributed by atoms with van der Waals surface area (Å²) in [6, 6.07) is 23.1. The van der Waals surface area contributed by atoms with Crippen molar-refractivity contribution in [1.82, 2.24) is 9.78 Å². The summed E-state index contributed by atoms with van der Waals surface area (Å²) in [6.07, 6.45) is 1.58. The van der Waals surface area contributed by atoms with E-state index in [0.717, 1.165) is 0 Å². The van der Waals surface area contributed by atoms with Gasteiger partial charge in [-0.1, -0.05) is 36.4 Å². The fourth-order valence-corrected chi connectivity index (χ4v) is 2.88. The second kappa shape index (κ2) is 8.40. The average molecular weight is 400 g/mol. The van der Waals surface area contributed by atoms with Crippen molar-refractivity contribution in [3.05, 3.63) is 108 Å². The molecule has 6 nitrogen and oxygen atoms in total. The predicted molar refractivity (Wildman–Crippen MR) is 112 cm³/mol. The number of rotatable bonds is 5. The van der Waals surface area contributed by atoms with Gasteiger partial charge in [0.25, 0.3) is 11.8 Å². The molecule has 0 bridgehead atoms. The molecule has 4 aromatic rings. The lowest BCUT2D eigenvalue weighted by molar-refractivity contribution is 0.101. The zero-order valence-corrected chi connectivity index (χ0v) is 15.7. The number of hydrogen-bond donors (Lipinski definition) is 2. The molecular weight excluding hydrogens is 383 g/mol. The van der Waals surface area contributed by atoms with Crippen molar-refractivity contribution in [2.45, 2.75) is 0 Å². The van der Waals surface area contributed by atoms with Crippen molar-refractivity contribution in [3.8, 4) is 5.69 Å². The van der Waals surface area contributed by atoms with Crippen LogP contribution in [0, 0.1) is 5.82 Å². The van der Waals surface area contributed by atoms with Crippen LogP contribution >= 0.6 is 0 Å². The summed E-state index contributed by atoms with van der Waals surface area (Å²) >= 11 is 0. The first-order chi connectivity index (χ1) is 14.6. The highest BCUT2D eigenvalue weighted by atomic mass is 19.1. The third-order valence-electron chi connectivity index (χ3n) is 4.35. The number of hydrogen-bond acceptors (Lipinski definition) is 3. The number of benzene rings is 3. The summed E-state index contributed by atoms with van der Waals surface area (Å²) in [5.74, 6) is -1.13. The van der Waals surface area contributed by atoms with Crippen LogP contribution in [0.15, 0.2) is 91.1 Å². The molecule has 0 fully saturated rings. The molecule has 7 heteroatoms. The highest BCUT2D eigenvalue weighted by Crippen LogP contribution is 2.22. The van der Waals surface area contributed by atoms with Gasteiger partial charge in [-0.25, -0.2) is 9.07 Å². The van der Waals surface area contributed by atoms with Gasteiger partial charge < -0.3 is 10.6 Å². The molecule has 0 aliphatic carbocycles. The van der Waals surface area contributed by atoms with Crippen LogP contribution in [0.2, 0.25) is 0 Å². The molecule has 4 rings (SSSR count). The topological polar surface area (TPSA) is 76.0 Å².